The van der Waals surface area contributed by atoms with Gasteiger partial charge in [-0.15, -0.1) is 10.2 Å². The van der Waals surface area contributed by atoms with Gasteiger partial charge >= 0.3 is 5.97 Å². The van der Waals surface area contributed by atoms with Gasteiger partial charge in [0, 0.05) is 15.8 Å². The summed E-state index contributed by atoms with van der Waals surface area (Å²) in [4.78, 5) is 24.1. The van der Waals surface area contributed by atoms with Crippen LogP contribution in [-0.4, -0.2) is 44.6 Å². The van der Waals surface area contributed by atoms with Crippen LogP contribution in [-0.2, 0) is 9.53 Å². The summed E-state index contributed by atoms with van der Waals surface area (Å²) in [5, 5.41) is 22.3. The van der Waals surface area contributed by atoms with E-state index < -0.39 is 5.97 Å². The summed E-state index contributed by atoms with van der Waals surface area (Å²) in [6.07, 6.45) is 0. The molecule has 0 aliphatic heterocycles. The van der Waals surface area contributed by atoms with Crippen LogP contribution in [0.15, 0.2) is 82.4 Å². The van der Waals surface area contributed by atoms with Crippen molar-refractivity contribution in [2.75, 3.05) is 18.2 Å². The summed E-state index contributed by atoms with van der Waals surface area (Å²) < 4.78 is 7.26. The first-order chi connectivity index (χ1) is 16.5. The molecule has 4 rings (SSSR count). The Balaban J connectivity index is 1.55. The molecule has 0 aliphatic carbocycles. The third-order valence-corrected chi connectivity index (χ3v) is 6.19. The highest BCUT2D eigenvalue weighted by Gasteiger charge is 2.20. The summed E-state index contributed by atoms with van der Waals surface area (Å²) in [5.41, 5.74) is 2.26. The second-order valence-electron chi connectivity index (χ2n) is 7.04. The van der Waals surface area contributed by atoms with Gasteiger partial charge in [0.25, 0.3) is 0 Å². The Morgan fingerprint density at radius 2 is 1.79 bits per heavy atom. The number of esters is 1. The number of phenolic OH excluding ortho intramolecular Hbond substituents is 1. The molecule has 3 aromatic carbocycles. The number of aromatic nitrogens is 3. The van der Waals surface area contributed by atoms with E-state index in [0.29, 0.717) is 27.8 Å². The van der Waals surface area contributed by atoms with Crippen molar-refractivity contribution in [3.05, 3.63) is 82.8 Å². The monoisotopic (exact) mass is 538 g/mol. The van der Waals surface area contributed by atoms with Crippen molar-refractivity contribution in [3.8, 4) is 22.8 Å². The average Bonchev–Trinajstić information content (AvgIpc) is 3.28. The highest BCUT2D eigenvalue weighted by Crippen LogP contribution is 2.34. The Labute approximate surface area is 208 Å². The Morgan fingerprint density at radius 3 is 2.50 bits per heavy atom. The van der Waals surface area contributed by atoms with Crippen molar-refractivity contribution < 1.29 is 19.4 Å². The van der Waals surface area contributed by atoms with Crippen molar-refractivity contribution in [1.82, 2.24) is 14.8 Å². The predicted octanol–water partition coefficient (Wildman–Crippen LogP) is 4.92. The number of amides is 1. The van der Waals surface area contributed by atoms with E-state index in [-0.39, 0.29) is 17.4 Å². The number of carbonyl (C=O) groups is 2. The van der Waals surface area contributed by atoms with E-state index in [2.05, 4.69) is 36.2 Å². The van der Waals surface area contributed by atoms with E-state index in [1.54, 1.807) is 47.0 Å². The van der Waals surface area contributed by atoms with Crippen molar-refractivity contribution in [3.63, 3.8) is 0 Å². The molecule has 0 spiro atoms. The SMILES string of the molecule is COC(=O)c1ccc(NC(=O)CSc2nnc(-c3cc(Br)ccc3O)n2-c2ccccc2)cc1. The topological polar surface area (TPSA) is 106 Å². The number of para-hydroxylation sites is 1. The lowest BCUT2D eigenvalue weighted by Gasteiger charge is -2.11. The molecular weight excluding hydrogens is 520 g/mol. The second-order valence-corrected chi connectivity index (χ2v) is 8.90. The summed E-state index contributed by atoms with van der Waals surface area (Å²) in [6.45, 7) is 0. The lowest BCUT2D eigenvalue weighted by molar-refractivity contribution is -0.113. The first kappa shape index (κ1) is 23.5. The molecule has 0 radical (unpaired) electrons. The lowest BCUT2D eigenvalue weighted by Crippen LogP contribution is -2.14. The minimum absolute atomic E-state index is 0.0671. The van der Waals surface area contributed by atoms with Gasteiger partial charge in [-0.2, -0.15) is 0 Å². The summed E-state index contributed by atoms with van der Waals surface area (Å²) in [6, 6.07) is 21.0. The molecule has 0 unspecified atom stereocenters. The maximum absolute atomic E-state index is 12.6. The Bertz CT molecular complexity index is 1330. The Hall–Kier alpha value is -3.63. The zero-order valence-corrected chi connectivity index (χ0v) is 20.3. The number of nitrogens with zero attached hydrogens (tertiary/aromatic N) is 3. The largest absolute Gasteiger partial charge is 0.507 e. The van der Waals surface area contributed by atoms with Crippen LogP contribution in [0.5, 0.6) is 5.75 Å². The predicted molar refractivity (Wildman–Crippen MR) is 133 cm³/mol. The van der Waals surface area contributed by atoms with Crippen LogP contribution < -0.4 is 5.32 Å². The zero-order valence-electron chi connectivity index (χ0n) is 17.9. The van der Waals surface area contributed by atoms with E-state index in [1.807, 2.05) is 30.3 Å². The van der Waals surface area contributed by atoms with Gasteiger partial charge < -0.3 is 15.2 Å². The van der Waals surface area contributed by atoms with Gasteiger partial charge in [0.2, 0.25) is 5.91 Å². The van der Waals surface area contributed by atoms with Crippen molar-refractivity contribution in [2.45, 2.75) is 5.16 Å². The summed E-state index contributed by atoms with van der Waals surface area (Å²) in [5.74, 6) is -0.0937. The molecule has 0 saturated carbocycles. The van der Waals surface area contributed by atoms with Crippen LogP contribution in [0.1, 0.15) is 10.4 Å². The fraction of sp³-hybridized carbons (Fsp3) is 0.0833. The fourth-order valence-electron chi connectivity index (χ4n) is 3.17. The number of hydrogen-bond acceptors (Lipinski definition) is 7. The molecule has 0 aliphatic rings. The molecule has 1 heterocycles. The number of rotatable bonds is 7. The number of methoxy groups -OCH3 is 1. The van der Waals surface area contributed by atoms with E-state index >= 15 is 0 Å². The number of nitrogens with one attached hydrogen (secondary N) is 1. The number of anilines is 1. The number of thioether (sulfide) groups is 1. The van der Waals surface area contributed by atoms with Gasteiger partial charge in [0.1, 0.15) is 5.75 Å². The Kier molecular flexibility index (Phi) is 7.29. The quantitative estimate of drug-likeness (QED) is 0.254. The standard InChI is InChI=1S/C24H19BrN4O4S/c1-33-23(32)15-7-10-17(11-8-15)26-21(31)14-34-24-28-27-22(19-13-16(25)9-12-20(19)30)29(24)18-5-3-2-4-6-18/h2-13,30H,14H2,1H3,(H,26,31). The van der Waals surface area contributed by atoms with Gasteiger partial charge in [-0.3, -0.25) is 9.36 Å². The maximum Gasteiger partial charge on any atom is 0.337 e. The number of halogens is 1. The van der Waals surface area contributed by atoms with Crippen LogP contribution in [0.25, 0.3) is 17.1 Å². The molecule has 0 saturated heterocycles. The number of carbonyl (C=O) groups excluding carboxylic acids is 2. The van der Waals surface area contributed by atoms with Crippen LogP contribution in [0, 0.1) is 0 Å². The first-order valence-electron chi connectivity index (χ1n) is 10.1. The first-order valence-corrected chi connectivity index (χ1v) is 11.8. The lowest BCUT2D eigenvalue weighted by atomic mass is 10.2. The summed E-state index contributed by atoms with van der Waals surface area (Å²) in [7, 11) is 1.31. The number of ether oxygens (including phenoxy) is 1. The molecular formula is C24H19BrN4O4S. The third kappa shape index (κ3) is 5.29. The van der Waals surface area contributed by atoms with Crippen LogP contribution >= 0.6 is 27.7 Å². The number of aromatic hydroxyl groups is 1. The minimum atomic E-state index is -0.444. The number of benzene rings is 3. The molecule has 0 atom stereocenters. The average molecular weight is 539 g/mol. The van der Waals surface area contributed by atoms with Gasteiger partial charge in [0.15, 0.2) is 11.0 Å². The minimum Gasteiger partial charge on any atom is -0.507 e. The van der Waals surface area contributed by atoms with E-state index in [9.17, 15) is 14.7 Å². The smallest absolute Gasteiger partial charge is 0.337 e. The van der Waals surface area contributed by atoms with Gasteiger partial charge in [0.05, 0.1) is 24.0 Å². The van der Waals surface area contributed by atoms with Gasteiger partial charge in [-0.1, -0.05) is 45.9 Å². The molecule has 2 N–H and O–H groups in total. The second kappa shape index (κ2) is 10.5. The van der Waals surface area contributed by atoms with E-state index in [4.69, 9.17) is 0 Å². The van der Waals surface area contributed by atoms with Crippen molar-refractivity contribution in [1.29, 1.82) is 0 Å². The highest BCUT2D eigenvalue weighted by atomic mass is 79.9. The fourth-order valence-corrected chi connectivity index (χ4v) is 4.28. The molecule has 1 amide bonds. The van der Waals surface area contributed by atoms with Crippen molar-refractivity contribution >= 4 is 45.3 Å². The Morgan fingerprint density at radius 1 is 1.06 bits per heavy atom. The van der Waals surface area contributed by atoms with Crippen molar-refractivity contribution in [2.24, 2.45) is 0 Å². The van der Waals surface area contributed by atoms with E-state index in [1.165, 1.54) is 18.9 Å². The van der Waals surface area contributed by atoms with Crippen LogP contribution in [0.4, 0.5) is 5.69 Å². The molecule has 10 heteroatoms. The summed E-state index contributed by atoms with van der Waals surface area (Å²) >= 11 is 4.64. The third-order valence-electron chi connectivity index (χ3n) is 4.77. The molecule has 1 aromatic heterocycles. The molecule has 0 fully saturated rings. The number of phenols is 1. The van der Waals surface area contributed by atoms with Crippen LogP contribution in [0.2, 0.25) is 0 Å². The maximum atomic E-state index is 12.6. The normalized spacial score (nSPS) is 10.6. The molecule has 4 aromatic rings. The molecule has 0 bridgehead atoms. The molecule has 34 heavy (non-hydrogen) atoms. The highest BCUT2D eigenvalue weighted by molar-refractivity contribution is 9.10. The van der Waals surface area contributed by atoms with Crippen LogP contribution in [0.3, 0.4) is 0 Å². The molecule has 8 nitrogen and oxygen atoms in total. The zero-order chi connectivity index (χ0) is 24.1. The molecule has 172 valence electrons. The van der Waals surface area contributed by atoms with Gasteiger partial charge in [-0.25, -0.2) is 4.79 Å². The van der Waals surface area contributed by atoms with Gasteiger partial charge in [-0.05, 0) is 54.6 Å². The van der Waals surface area contributed by atoms with E-state index in [0.717, 1.165) is 10.2 Å². The number of hydrogen-bond donors (Lipinski definition) is 2.